The number of furan rings is 1. The number of rotatable bonds is 3. The molecule has 5 heteroatoms. The molecule has 5 nitrogen and oxygen atoms in total. The molecule has 1 aliphatic carbocycles. The van der Waals surface area contributed by atoms with Gasteiger partial charge in [0.2, 0.25) is 5.96 Å². The van der Waals surface area contributed by atoms with Crippen LogP contribution in [0.4, 0.5) is 0 Å². The normalized spacial score (nSPS) is 17.7. The van der Waals surface area contributed by atoms with Gasteiger partial charge >= 0.3 is 0 Å². The summed E-state index contributed by atoms with van der Waals surface area (Å²) < 4.78 is 5.19. The molecule has 0 atom stereocenters. The minimum Gasteiger partial charge on any atom is -0.467 e. The third-order valence-electron chi connectivity index (χ3n) is 2.81. The van der Waals surface area contributed by atoms with Crippen LogP contribution in [0.5, 0.6) is 0 Å². The second-order valence-electron chi connectivity index (χ2n) is 4.01. The van der Waals surface area contributed by atoms with Crippen LogP contribution in [0.1, 0.15) is 31.4 Å². The Kier molecular flexibility index (Phi) is 3.82. The fourth-order valence-electron chi connectivity index (χ4n) is 1.96. The van der Waals surface area contributed by atoms with Crippen molar-refractivity contribution in [1.29, 1.82) is 0 Å². The van der Waals surface area contributed by atoms with Crippen molar-refractivity contribution in [3.63, 3.8) is 0 Å². The Morgan fingerprint density at radius 3 is 2.94 bits per heavy atom. The van der Waals surface area contributed by atoms with Gasteiger partial charge in [0.25, 0.3) is 0 Å². The summed E-state index contributed by atoms with van der Waals surface area (Å²) in [5.41, 5.74) is 2.59. The van der Waals surface area contributed by atoms with Crippen LogP contribution in [0.15, 0.2) is 27.8 Å². The predicted octanol–water partition coefficient (Wildman–Crippen LogP) is 1.13. The average molecular weight is 222 g/mol. The van der Waals surface area contributed by atoms with Gasteiger partial charge in [0.05, 0.1) is 6.26 Å². The molecule has 0 aromatic carbocycles. The van der Waals surface area contributed by atoms with Crippen molar-refractivity contribution in [2.24, 2.45) is 10.8 Å². The van der Waals surface area contributed by atoms with Crippen molar-refractivity contribution in [3.8, 4) is 0 Å². The van der Waals surface area contributed by atoms with Crippen LogP contribution in [0, 0.1) is 0 Å². The summed E-state index contributed by atoms with van der Waals surface area (Å²) in [6.45, 7) is 0.506. The molecule has 1 aromatic heterocycles. The Morgan fingerprint density at radius 1 is 1.50 bits per heavy atom. The summed E-state index contributed by atoms with van der Waals surface area (Å²) in [4.78, 5) is 4.32. The van der Waals surface area contributed by atoms with Crippen molar-refractivity contribution in [3.05, 3.63) is 24.2 Å². The standard InChI is InChI=1S/C11H18N4O/c12-15-11(14-9-4-1-2-5-9)13-8-10-6-3-7-16-10/h3,6-7,9H,1-2,4-5,8,12H2,(H2,13,14,15). The van der Waals surface area contributed by atoms with E-state index >= 15 is 0 Å². The van der Waals surface area contributed by atoms with E-state index in [1.165, 1.54) is 25.7 Å². The van der Waals surface area contributed by atoms with Gasteiger partial charge < -0.3 is 9.73 Å². The molecule has 1 aliphatic rings. The Morgan fingerprint density at radius 2 is 2.31 bits per heavy atom. The monoisotopic (exact) mass is 222 g/mol. The Hall–Kier alpha value is -1.49. The van der Waals surface area contributed by atoms with E-state index in [0.717, 1.165) is 5.76 Å². The van der Waals surface area contributed by atoms with Gasteiger partial charge in [-0.05, 0) is 25.0 Å². The van der Waals surface area contributed by atoms with Crippen LogP contribution >= 0.6 is 0 Å². The fourth-order valence-corrected chi connectivity index (χ4v) is 1.96. The molecular formula is C11H18N4O. The molecule has 16 heavy (non-hydrogen) atoms. The molecule has 0 saturated heterocycles. The molecule has 1 fully saturated rings. The lowest BCUT2D eigenvalue weighted by atomic mass is 10.2. The quantitative estimate of drug-likeness (QED) is 0.310. The molecule has 1 aromatic rings. The maximum absolute atomic E-state index is 5.42. The molecule has 0 amide bonds. The van der Waals surface area contributed by atoms with Crippen LogP contribution in [0.25, 0.3) is 0 Å². The smallest absolute Gasteiger partial charge is 0.206 e. The van der Waals surface area contributed by atoms with Crippen molar-refractivity contribution >= 4 is 5.96 Å². The summed E-state index contributed by atoms with van der Waals surface area (Å²) in [6, 6.07) is 4.25. The van der Waals surface area contributed by atoms with Crippen molar-refractivity contribution < 1.29 is 4.42 Å². The van der Waals surface area contributed by atoms with E-state index in [2.05, 4.69) is 15.7 Å². The largest absolute Gasteiger partial charge is 0.467 e. The number of hydrogen-bond donors (Lipinski definition) is 3. The van der Waals surface area contributed by atoms with Gasteiger partial charge in [0, 0.05) is 6.04 Å². The Balaban J connectivity index is 1.85. The molecular weight excluding hydrogens is 204 g/mol. The molecule has 1 saturated carbocycles. The zero-order chi connectivity index (χ0) is 11.2. The van der Waals surface area contributed by atoms with E-state index in [1.54, 1.807) is 6.26 Å². The van der Waals surface area contributed by atoms with Gasteiger partial charge in [-0.15, -0.1) is 0 Å². The molecule has 2 rings (SSSR count). The van der Waals surface area contributed by atoms with E-state index in [4.69, 9.17) is 10.3 Å². The van der Waals surface area contributed by atoms with Crippen LogP contribution in [-0.2, 0) is 6.54 Å². The molecule has 0 radical (unpaired) electrons. The molecule has 0 spiro atoms. The highest BCUT2D eigenvalue weighted by atomic mass is 16.3. The minimum absolute atomic E-state index is 0.506. The van der Waals surface area contributed by atoms with E-state index in [-0.39, 0.29) is 0 Å². The highest BCUT2D eigenvalue weighted by molar-refractivity contribution is 5.79. The fraction of sp³-hybridized carbons (Fsp3) is 0.545. The molecule has 0 aliphatic heterocycles. The highest BCUT2D eigenvalue weighted by Gasteiger charge is 2.15. The third kappa shape index (κ3) is 3.00. The first kappa shape index (κ1) is 11.0. The highest BCUT2D eigenvalue weighted by Crippen LogP contribution is 2.17. The lowest BCUT2D eigenvalue weighted by Gasteiger charge is -2.14. The zero-order valence-corrected chi connectivity index (χ0v) is 9.28. The van der Waals surface area contributed by atoms with Gasteiger partial charge in [0.15, 0.2) is 0 Å². The van der Waals surface area contributed by atoms with E-state index in [0.29, 0.717) is 18.5 Å². The first-order valence-electron chi connectivity index (χ1n) is 5.68. The van der Waals surface area contributed by atoms with E-state index < -0.39 is 0 Å². The SMILES string of the molecule is NNC(=NCc1ccco1)NC1CCCC1. The number of hydrogen-bond acceptors (Lipinski definition) is 3. The molecule has 88 valence electrons. The summed E-state index contributed by atoms with van der Waals surface area (Å²) in [6.07, 6.45) is 6.61. The molecule has 1 heterocycles. The van der Waals surface area contributed by atoms with Crippen LogP contribution < -0.4 is 16.6 Å². The Labute approximate surface area is 95.1 Å². The number of nitrogens with one attached hydrogen (secondary N) is 2. The molecule has 0 bridgehead atoms. The second-order valence-corrected chi connectivity index (χ2v) is 4.01. The van der Waals surface area contributed by atoms with Crippen LogP contribution in [0.3, 0.4) is 0 Å². The Bertz CT molecular complexity index is 328. The summed E-state index contributed by atoms with van der Waals surface area (Å²) in [5, 5.41) is 3.30. The molecule has 0 unspecified atom stereocenters. The van der Waals surface area contributed by atoms with Crippen LogP contribution in [0.2, 0.25) is 0 Å². The topological polar surface area (TPSA) is 75.6 Å². The number of nitrogens with zero attached hydrogens (tertiary/aromatic N) is 1. The van der Waals surface area contributed by atoms with Gasteiger partial charge in [-0.25, -0.2) is 10.8 Å². The number of aliphatic imine (C=N–C) groups is 1. The minimum atomic E-state index is 0.506. The van der Waals surface area contributed by atoms with Gasteiger partial charge in [-0.2, -0.15) is 0 Å². The van der Waals surface area contributed by atoms with Gasteiger partial charge in [-0.3, -0.25) is 5.43 Å². The molecule has 4 N–H and O–H groups in total. The maximum atomic E-state index is 5.42. The first-order valence-corrected chi connectivity index (χ1v) is 5.68. The van der Waals surface area contributed by atoms with Crippen molar-refractivity contribution in [2.75, 3.05) is 0 Å². The number of guanidine groups is 1. The summed E-state index contributed by atoms with van der Waals surface area (Å²) in [7, 11) is 0. The van der Waals surface area contributed by atoms with Crippen LogP contribution in [-0.4, -0.2) is 12.0 Å². The predicted molar refractivity (Wildman–Crippen MR) is 62.6 cm³/mol. The number of hydrazine groups is 1. The van der Waals surface area contributed by atoms with E-state index in [1.807, 2.05) is 12.1 Å². The third-order valence-corrected chi connectivity index (χ3v) is 2.81. The second kappa shape index (κ2) is 5.55. The summed E-state index contributed by atoms with van der Waals surface area (Å²) in [5.74, 6) is 6.89. The van der Waals surface area contributed by atoms with E-state index in [9.17, 15) is 0 Å². The van der Waals surface area contributed by atoms with Gasteiger partial charge in [-0.1, -0.05) is 12.8 Å². The maximum Gasteiger partial charge on any atom is 0.206 e. The zero-order valence-electron chi connectivity index (χ0n) is 9.28. The summed E-state index contributed by atoms with van der Waals surface area (Å²) >= 11 is 0. The average Bonchev–Trinajstić information content (AvgIpc) is 2.97. The lowest BCUT2D eigenvalue weighted by Crippen LogP contribution is -2.45. The van der Waals surface area contributed by atoms with Crippen molar-refractivity contribution in [2.45, 2.75) is 38.3 Å². The lowest BCUT2D eigenvalue weighted by molar-refractivity contribution is 0.511. The van der Waals surface area contributed by atoms with Gasteiger partial charge in [0.1, 0.15) is 12.3 Å². The number of nitrogens with two attached hydrogens (primary N) is 1. The van der Waals surface area contributed by atoms with Crippen molar-refractivity contribution in [1.82, 2.24) is 10.7 Å². The first-order chi connectivity index (χ1) is 7.88.